The van der Waals surface area contributed by atoms with Gasteiger partial charge in [0.2, 0.25) is 21.8 Å². The number of sulfonamides is 1. The number of nitrogens with one attached hydrogen (secondary N) is 1. The maximum atomic E-state index is 13.1. The van der Waals surface area contributed by atoms with Crippen LogP contribution >= 0.6 is 11.8 Å². The molecule has 0 aliphatic carbocycles. The van der Waals surface area contributed by atoms with Gasteiger partial charge in [0.05, 0.1) is 36.5 Å². The number of ether oxygens (including phenoxy) is 2. The molecular formula is C25H30N4O6S2. The van der Waals surface area contributed by atoms with Crippen LogP contribution in [0.2, 0.25) is 0 Å². The second kappa shape index (κ2) is 12.4. The number of methoxy groups -OCH3 is 1. The van der Waals surface area contributed by atoms with Gasteiger partial charge in [0, 0.05) is 13.1 Å². The molecule has 1 aromatic heterocycles. The van der Waals surface area contributed by atoms with Crippen LogP contribution in [0.4, 0.5) is 5.69 Å². The van der Waals surface area contributed by atoms with Crippen LogP contribution in [0, 0.1) is 0 Å². The third-order valence-electron chi connectivity index (χ3n) is 5.77. The Morgan fingerprint density at radius 3 is 2.57 bits per heavy atom. The molecule has 1 aliphatic heterocycles. The molecule has 4 rings (SSSR count). The highest BCUT2D eigenvalue weighted by Crippen LogP contribution is 2.31. The van der Waals surface area contributed by atoms with Crippen molar-refractivity contribution in [1.82, 2.24) is 14.5 Å². The second-order valence-corrected chi connectivity index (χ2v) is 11.2. The van der Waals surface area contributed by atoms with Crippen LogP contribution in [0.5, 0.6) is 11.5 Å². The zero-order valence-corrected chi connectivity index (χ0v) is 22.4. The molecule has 1 N–H and O–H groups in total. The summed E-state index contributed by atoms with van der Waals surface area (Å²) in [6, 6.07) is 12.1. The minimum Gasteiger partial charge on any atom is -0.497 e. The van der Waals surface area contributed by atoms with E-state index in [9.17, 15) is 13.2 Å². The molecule has 0 atom stereocenters. The van der Waals surface area contributed by atoms with E-state index in [1.807, 2.05) is 31.2 Å². The molecule has 3 aromatic rings. The van der Waals surface area contributed by atoms with Crippen molar-refractivity contribution in [2.75, 3.05) is 37.9 Å². The molecular weight excluding hydrogens is 516 g/mol. The maximum absolute atomic E-state index is 13.1. The van der Waals surface area contributed by atoms with Gasteiger partial charge in [-0.1, -0.05) is 30.3 Å². The third kappa shape index (κ3) is 7.02. The molecule has 2 aromatic carbocycles. The number of benzene rings is 2. The number of carbonyl (C=O) groups excluding carboxylic acids is 1. The third-order valence-corrected chi connectivity index (χ3v) is 8.48. The van der Waals surface area contributed by atoms with E-state index >= 15 is 0 Å². The van der Waals surface area contributed by atoms with Crippen molar-refractivity contribution in [1.29, 1.82) is 0 Å². The standard InChI is InChI=1S/C25H30N4O6S2/c1-3-34-22-12-11-20(37(31,32)29-13-5-4-6-14-29)16-21(22)26-23(30)17-36-25-28-27-24(35-25)15-18-7-9-19(33-2)10-8-18/h7-12,16H,3-6,13-15,17H2,1-2H3,(H,26,30). The highest BCUT2D eigenvalue weighted by Gasteiger charge is 2.27. The number of anilines is 1. The molecule has 37 heavy (non-hydrogen) atoms. The van der Waals surface area contributed by atoms with Crippen molar-refractivity contribution in [3.05, 3.63) is 53.9 Å². The Kier molecular flexibility index (Phi) is 9.06. The Hall–Kier alpha value is -3.09. The van der Waals surface area contributed by atoms with E-state index in [4.69, 9.17) is 13.9 Å². The second-order valence-electron chi connectivity index (χ2n) is 8.38. The quantitative estimate of drug-likeness (QED) is 0.356. The van der Waals surface area contributed by atoms with Gasteiger partial charge in [-0.2, -0.15) is 4.31 Å². The van der Waals surface area contributed by atoms with Crippen LogP contribution in [-0.4, -0.2) is 61.4 Å². The first-order valence-electron chi connectivity index (χ1n) is 12.0. The monoisotopic (exact) mass is 546 g/mol. The van der Waals surface area contributed by atoms with E-state index in [-0.39, 0.29) is 21.8 Å². The molecule has 1 fully saturated rings. The lowest BCUT2D eigenvalue weighted by atomic mass is 10.1. The first-order valence-corrected chi connectivity index (χ1v) is 14.5. The number of rotatable bonds is 11. The Bertz CT molecular complexity index is 1300. The van der Waals surface area contributed by atoms with E-state index < -0.39 is 10.0 Å². The lowest BCUT2D eigenvalue weighted by Gasteiger charge is -2.26. The summed E-state index contributed by atoms with van der Waals surface area (Å²) in [6.45, 7) is 3.19. The van der Waals surface area contributed by atoms with Gasteiger partial charge in [-0.15, -0.1) is 10.2 Å². The number of aromatic nitrogens is 2. The largest absolute Gasteiger partial charge is 0.497 e. The number of piperidine rings is 1. The molecule has 1 saturated heterocycles. The number of carbonyl (C=O) groups is 1. The highest BCUT2D eigenvalue weighted by molar-refractivity contribution is 7.99. The summed E-state index contributed by atoms with van der Waals surface area (Å²) in [6.07, 6.45) is 3.17. The van der Waals surface area contributed by atoms with Gasteiger partial charge in [0.25, 0.3) is 5.22 Å². The number of thioether (sulfide) groups is 1. The van der Waals surface area contributed by atoms with Gasteiger partial charge in [-0.05, 0) is 55.7 Å². The summed E-state index contributed by atoms with van der Waals surface area (Å²) < 4.78 is 44.1. The molecule has 2 heterocycles. The van der Waals surface area contributed by atoms with Crippen molar-refractivity contribution < 1.29 is 27.1 Å². The van der Waals surface area contributed by atoms with Crippen LogP contribution in [0.1, 0.15) is 37.6 Å². The fourth-order valence-electron chi connectivity index (χ4n) is 3.90. The number of amides is 1. The van der Waals surface area contributed by atoms with E-state index in [1.54, 1.807) is 13.2 Å². The minimum absolute atomic E-state index is 0.00115. The first-order chi connectivity index (χ1) is 17.9. The van der Waals surface area contributed by atoms with Gasteiger partial charge in [-0.25, -0.2) is 8.42 Å². The van der Waals surface area contributed by atoms with Crippen LogP contribution in [-0.2, 0) is 21.2 Å². The first kappa shape index (κ1) is 27.0. The average Bonchev–Trinajstić information content (AvgIpc) is 3.36. The molecule has 0 unspecified atom stereocenters. The summed E-state index contributed by atoms with van der Waals surface area (Å²) in [5.41, 5.74) is 1.29. The van der Waals surface area contributed by atoms with Crippen molar-refractivity contribution >= 4 is 33.4 Å². The predicted octanol–water partition coefficient (Wildman–Crippen LogP) is 3.97. The Morgan fingerprint density at radius 1 is 1.11 bits per heavy atom. The van der Waals surface area contributed by atoms with Crippen LogP contribution < -0.4 is 14.8 Å². The molecule has 1 amide bonds. The van der Waals surface area contributed by atoms with Crippen LogP contribution in [0.15, 0.2) is 57.0 Å². The fourth-order valence-corrected chi connectivity index (χ4v) is 6.03. The molecule has 1 aliphatic rings. The van der Waals surface area contributed by atoms with Gasteiger partial charge in [0.15, 0.2) is 0 Å². The summed E-state index contributed by atoms with van der Waals surface area (Å²) in [5, 5.41) is 11.1. The van der Waals surface area contributed by atoms with Crippen molar-refractivity contribution in [3.63, 3.8) is 0 Å². The van der Waals surface area contributed by atoms with Crippen LogP contribution in [0.25, 0.3) is 0 Å². The fraction of sp³-hybridized carbons (Fsp3) is 0.400. The normalized spacial score (nSPS) is 14.3. The van der Waals surface area contributed by atoms with Gasteiger partial charge in [-0.3, -0.25) is 4.79 Å². The predicted molar refractivity (Wildman–Crippen MR) is 140 cm³/mol. The van der Waals surface area contributed by atoms with E-state index in [0.717, 1.165) is 42.3 Å². The van der Waals surface area contributed by atoms with Gasteiger partial charge >= 0.3 is 0 Å². The Morgan fingerprint density at radius 2 is 1.86 bits per heavy atom. The number of hydrogen-bond donors (Lipinski definition) is 1. The van der Waals surface area contributed by atoms with E-state index in [0.29, 0.717) is 43.4 Å². The van der Waals surface area contributed by atoms with E-state index in [1.165, 1.54) is 16.4 Å². The Balaban J connectivity index is 1.39. The molecule has 12 heteroatoms. The van der Waals surface area contributed by atoms with Crippen molar-refractivity contribution in [2.45, 2.75) is 42.7 Å². The average molecular weight is 547 g/mol. The summed E-state index contributed by atoms with van der Waals surface area (Å²) in [4.78, 5) is 12.8. The Labute approximate surface area is 220 Å². The van der Waals surface area contributed by atoms with Crippen molar-refractivity contribution in [3.8, 4) is 11.5 Å². The maximum Gasteiger partial charge on any atom is 0.277 e. The smallest absolute Gasteiger partial charge is 0.277 e. The molecule has 0 saturated carbocycles. The van der Waals surface area contributed by atoms with Gasteiger partial charge < -0.3 is 19.2 Å². The molecule has 0 spiro atoms. The van der Waals surface area contributed by atoms with E-state index in [2.05, 4.69) is 15.5 Å². The van der Waals surface area contributed by atoms with Crippen LogP contribution in [0.3, 0.4) is 0 Å². The van der Waals surface area contributed by atoms with Crippen molar-refractivity contribution in [2.24, 2.45) is 0 Å². The molecule has 0 bridgehead atoms. The molecule has 198 valence electrons. The number of hydrogen-bond acceptors (Lipinski definition) is 9. The SMILES string of the molecule is CCOc1ccc(S(=O)(=O)N2CCCCC2)cc1NC(=O)CSc1nnc(Cc2ccc(OC)cc2)o1. The summed E-state index contributed by atoms with van der Waals surface area (Å²) in [5.74, 6) is 1.24. The summed E-state index contributed by atoms with van der Waals surface area (Å²) in [7, 11) is -2.04. The van der Waals surface area contributed by atoms with Gasteiger partial charge in [0.1, 0.15) is 11.5 Å². The molecule has 0 radical (unpaired) electrons. The molecule has 10 nitrogen and oxygen atoms in total. The highest BCUT2D eigenvalue weighted by atomic mass is 32.2. The topological polar surface area (TPSA) is 124 Å². The lowest BCUT2D eigenvalue weighted by molar-refractivity contribution is -0.113. The number of nitrogens with zero attached hydrogens (tertiary/aromatic N) is 3. The summed E-state index contributed by atoms with van der Waals surface area (Å²) >= 11 is 1.10. The zero-order valence-electron chi connectivity index (χ0n) is 20.8. The minimum atomic E-state index is -3.65. The zero-order chi connectivity index (χ0) is 26.3. The lowest BCUT2D eigenvalue weighted by Crippen LogP contribution is -2.35.